The molecular formula is C19H21ClF3N3OS2. The van der Waals surface area contributed by atoms with Crippen LogP contribution in [0.1, 0.15) is 30.2 Å². The number of aromatic nitrogens is 3. The van der Waals surface area contributed by atoms with Crippen molar-refractivity contribution in [1.29, 1.82) is 0 Å². The Labute approximate surface area is 181 Å². The van der Waals surface area contributed by atoms with Gasteiger partial charge < -0.3 is 17.1 Å². The fourth-order valence-electron chi connectivity index (χ4n) is 2.80. The van der Waals surface area contributed by atoms with Crippen LogP contribution in [-0.2, 0) is 11.9 Å². The predicted octanol–water partition coefficient (Wildman–Crippen LogP) is 2.47. The van der Waals surface area contributed by atoms with E-state index in [1.807, 2.05) is 23.8 Å². The van der Waals surface area contributed by atoms with Gasteiger partial charge in [-0.1, -0.05) is 33.5 Å². The van der Waals surface area contributed by atoms with Crippen LogP contribution < -0.4 is 21.7 Å². The molecule has 158 valence electrons. The van der Waals surface area contributed by atoms with Gasteiger partial charge in [0.05, 0.1) is 24.6 Å². The number of methoxy groups -OCH3 is 1. The minimum absolute atomic E-state index is 0. The molecule has 1 N–H and O–H groups in total. The van der Waals surface area contributed by atoms with E-state index in [2.05, 4.69) is 16.9 Å². The molecule has 0 fully saturated rings. The van der Waals surface area contributed by atoms with E-state index in [1.165, 1.54) is 6.07 Å². The summed E-state index contributed by atoms with van der Waals surface area (Å²) < 4.78 is 46.3. The lowest BCUT2D eigenvalue weighted by Crippen LogP contribution is -3.00. The number of rotatable bonds is 7. The van der Waals surface area contributed by atoms with Gasteiger partial charge in [0.1, 0.15) is 17.0 Å². The van der Waals surface area contributed by atoms with Gasteiger partial charge in [0.15, 0.2) is 5.52 Å². The molecule has 0 amide bonds. The maximum Gasteiger partial charge on any atom is 0.416 e. The number of hydrogen-bond acceptors (Lipinski definition) is 4. The Morgan fingerprint density at radius 1 is 1.21 bits per heavy atom. The van der Waals surface area contributed by atoms with Gasteiger partial charge in [-0.3, -0.25) is 0 Å². The quantitative estimate of drug-likeness (QED) is 0.332. The van der Waals surface area contributed by atoms with Crippen molar-refractivity contribution in [3.63, 3.8) is 0 Å². The third kappa shape index (κ3) is 5.32. The van der Waals surface area contributed by atoms with Crippen LogP contribution in [0.2, 0.25) is 0 Å². The van der Waals surface area contributed by atoms with E-state index in [0.717, 1.165) is 47.1 Å². The highest BCUT2D eigenvalue weighted by atomic mass is 35.5. The van der Waals surface area contributed by atoms with Crippen LogP contribution in [0.4, 0.5) is 13.2 Å². The van der Waals surface area contributed by atoms with Crippen LogP contribution in [0, 0.1) is 6.92 Å². The Kier molecular flexibility index (Phi) is 8.13. The molecule has 0 aliphatic heterocycles. The van der Waals surface area contributed by atoms with Crippen LogP contribution in [-0.4, -0.2) is 22.8 Å². The number of hydrogen-bond donors (Lipinski definition) is 1. The van der Waals surface area contributed by atoms with Crippen molar-refractivity contribution in [1.82, 2.24) is 9.97 Å². The van der Waals surface area contributed by atoms with E-state index in [1.54, 1.807) is 28.7 Å². The Bertz CT molecular complexity index is 979. The third-order valence-electron chi connectivity index (χ3n) is 4.28. The molecular weight excluding hydrogens is 443 g/mol. The molecule has 0 atom stereocenters. The van der Waals surface area contributed by atoms with Crippen molar-refractivity contribution in [2.45, 2.75) is 32.2 Å². The Hall–Kier alpha value is -1.58. The van der Waals surface area contributed by atoms with Crippen LogP contribution >= 0.6 is 21.6 Å². The van der Waals surface area contributed by atoms with E-state index in [-0.39, 0.29) is 17.9 Å². The second-order valence-electron chi connectivity index (χ2n) is 6.20. The molecule has 0 saturated carbocycles. The predicted molar refractivity (Wildman–Crippen MR) is 108 cm³/mol. The molecule has 3 aromatic rings. The molecule has 0 bridgehead atoms. The summed E-state index contributed by atoms with van der Waals surface area (Å²) in [4.78, 5) is 7.53. The largest absolute Gasteiger partial charge is 1.00 e. The molecule has 0 aliphatic rings. The van der Waals surface area contributed by atoms with Crippen LogP contribution in [0.5, 0.6) is 5.75 Å². The molecule has 2 heterocycles. The molecule has 29 heavy (non-hydrogen) atoms. The molecule has 4 nitrogen and oxygen atoms in total. The second kappa shape index (κ2) is 9.95. The number of ether oxygens (including phenoxy) is 1. The first-order valence-electron chi connectivity index (χ1n) is 8.75. The number of fused-ring (bicyclic) bond motifs is 1. The smallest absolute Gasteiger partial charge is 0.416 e. The van der Waals surface area contributed by atoms with Gasteiger partial charge in [-0.15, -0.1) is 0 Å². The van der Waals surface area contributed by atoms with Gasteiger partial charge in [-0.2, -0.15) is 13.2 Å². The average molecular weight is 464 g/mol. The first-order valence-corrected chi connectivity index (χ1v) is 11.2. The van der Waals surface area contributed by atoms with Crippen molar-refractivity contribution >= 4 is 32.6 Å². The standard InChI is InChI=1S/C19H21F3N3OS2.ClH/c1-4-9-27-28-11-16-12(2)17(26-3)7-8-25(16)18-23-14-6-5-13(19(20,21)22)10-15(14)24-18;/h5-8,10H,4,9,11H2,1-3H3,(H,23,24);1H/q+1;/p-1. The summed E-state index contributed by atoms with van der Waals surface area (Å²) >= 11 is 0. The van der Waals surface area contributed by atoms with Crippen LogP contribution in [0.3, 0.4) is 0 Å². The van der Waals surface area contributed by atoms with Crippen LogP contribution in [0.15, 0.2) is 30.5 Å². The average Bonchev–Trinajstić information content (AvgIpc) is 3.08. The van der Waals surface area contributed by atoms with E-state index >= 15 is 0 Å². The number of halogens is 4. The number of imidazole rings is 1. The second-order valence-corrected chi connectivity index (χ2v) is 8.78. The summed E-state index contributed by atoms with van der Waals surface area (Å²) in [6, 6.07) is 5.37. The summed E-state index contributed by atoms with van der Waals surface area (Å²) in [6.07, 6.45) is -1.47. The van der Waals surface area contributed by atoms with Gasteiger partial charge in [-0.25, -0.2) is 9.55 Å². The number of nitrogens with one attached hydrogen (secondary N) is 1. The monoisotopic (exact) mass is 463 g/mol. The first-order chi connectivity index (χ1) is 13.3. The van der Waals surface area contributed by atoms with Crippen molar-refractivity contribution in [3.8, 4) is 11.7 Å². The number of pyridine rings is 1. The topological polar surface area (TPSA) is 41.8 Å². The number of alkyl halides is 3. The number of nitrogens with zero attached hydrogens (tertiary/aromatic N) is 2. The number of aromatic amines is 1. The highest BCUT2D eigenvalue weighted by Crippen LogP contribution is 2.32. The van der Waals surface area contributed by atoms with Crippen molar-refractivity contribution in [2.24, 2.45) is 0 Å². The minimum Gasteiger partial charge on any atom is -1.00 e. The van der Waals surface area contributed by atoms with Gasteiger partial charge in [0.25, 0.3) is 0 Å². The van der Waals surface area contributed by atoms with E-state index in [9.17, 15) is 13.2 Å². The van der Waals surface area contributed by atoms with Crippen molar-refractivity contribution in [3.05, 3.63) is 47.3 Å². The zero-order valence-corrected chi connectivity index (χ0v) is 18.5. The summed E-state index contributed by atoms with van der Waals surface area (Å²) in [7, 11) is 5.15. The van der Waals surface area contributed by atoms with Crippen molar-refractivity contribution < 1.29 is 34.9 Å². The maximum absolute atomic E-state index is 13.0. The lowest BCUT2D eigenvalue weighted by Gasteiger charge is -2.12. The number of H-pyrrole nitrogens is 1. The Morgan fingerprint density at radius 3 is 2.62 bits per heavy atom. The lowest BCUT2D eigenvalue weighted by molar-refractivity contribution is -0.610. The molecule has 2 aromatic heterocycles. The Balaban J connectivity index is 0.00000300. The molecule has 0 spiro atoms. The van der Waals surface area contributed by atoms with Crippen LogP contribution in [0.25, 0.3) is 17.0 Å². The Morgan fingerprint density at radius 2 is 1.97 bits per heavy atom. The summed E-state index contributed by atoms with van der Waals surface area (Å²) in [6.45, 7) is 4.11. The molecule has 1 aromatic carbocycles. The van der Waals surface area contributed by atoms with E-state index in [0.29, 0.717) is 11.5 Å². The van der Waals surface area contributed by atoms with Gasteiger partial charge in [-0.05, 0) is 31.5 Å². The fraction of sp³-hybridized carbons (Fsp3) is 0.368. The third-order valence-corrected chi connectivity index (χ3v) is 6.77. The lowest BCUT2D eigenvalue weighted by atomic mass is 10.2. The summed E-state index contributed by atoms with van der Waals surface area (Å²) in [5.41, 5.74) is 2.10. The molecule has 10 heteroatoms. The molecule has 0 unspecified atom stereocenters. The highest BCUT2D eigenvalue weighted by Gasteiger charge is 2.32. The summed E-state index contributed by atoms with van der Waals surface area (Å²) in [5, 5.41) is 0. The van der Waals surface area contributed by atoms with Crippen molar-refractivity contribution in [2.75, 3.05) is 12.9 Å². The highest BCUT2D eigenvalue weighted by molar-refractivity contribution is 8.76. The maximum atomic E-state index is 13.0. The zero-order valence-electron chi connectivity index (χ0n) is 16.1. The molecule has 0 saturated heterocycles. The molecule has 3 rings (SSSR count). The fourth-order valence-corrected chi connectivity index (χ4v) is 5.07. The molecule has 0 radical (unpaired) electrons. The SMILES string of the molecule is CCCSSCc1c(C)c(OC)cc[n+]1-c1nc2cc(C(F)(F)F)ccc2[nH]1.[Cl-]. The molecule has 0 aliphatic carbocycles. The van der Waals surface area contributed by atoms with E-state index < -0.39 is 11.7 Å². The van der Waals surface area contributed by atoms with Gasteiger partial charge in [0, 0.05) is 17.4 Å². The number of benzene rings is 1. The normalized spacial score (nSPS) is 11.5. The van der Waals surface area contributed by atoms with E-state index in [4.69, 9.17) is 4.74 Å². The first kappa shape index (κ1) is 23.7. The summed E-state index contributed by atoms with van der Waals surface area (Å²) in [5.74, 6) is 3.02. The van der Waals surface area contributed by atoms with Gasteiger partial charge in [0.2, 0.25) is 0 Å². The zero-order chi connectivity index (χ0) is 20.3. The van der Waals surface area contributed by atoms with Gasteiger partial charge >= 0.3 is 12.1 Å². The minimum atomic E-state index is -4.39.